The van der Waals surface area contributed by atoms with Crippen molar-refractivity contribution in [2.24, 2.45) is 0 Å². The maximum absolute atomic E-state index is 5.83. The van der Waals surface area contributed by atoms with Gasteiger partial charge in [-0.1, -0.05) is 36.9 Å². The van der Waals surface area contributed by atoms with Crippen molar-refractivity contribution < 1.29 is 9.15 Å². The SMILES string of the molecule is C=C(c1ccc(-c2cncc(-c3nnc(-c4cccc(OC)c4)o3)n2)cc1)N(C)C. The third kappa shape index (κ3) is 3.91. The fourth-order valence-electron chi connectivity index (χ4n) is 2.90. The Morgan fingerprint density at radius 1 is 0.933 bits per heavy atom. The quantitative estimate of drug-likeness (QED) is 0.475. The predicted octanol–water partition coefficient (Wildman–Crippen LogP) is 4.40. The van der Waals surface area contributed by atoms with Crippen LogP contribution >= 0.6 is 0 Å². The van der Waals surface area contributed by atoms with Crippen molar-refractivity contribution in [1.82, 2.24) is 25.1 Å². The number of aromatic nitrogens is 4. The summed E-state index contributed by atoms with van der Waals surface area (Å²) in [6.07, 6.45) is 3.31. The highest BCUT2D eigenvalue weighted by molar-refractivity contribution is 5.67. The van der Waals surface area contributed by atoms with E-state index in [0.29, 0.717) is 17.5 Å². The van der Waals surface area contributed by atoms with Crippen LogP contribution in [0.5, 0.6) is 5.75 Å². The van der Waals surface area contributed by atoms with Crippen LogP contribution in [0.3, 0.4) is 0 Å². The molecule has 0 saturated carbocycles. The summed E-state index contributed by atoms with van der Waals surface area (Å²) in [5.41, 5.74) is 4.93. The Morgan fingerprint density at radius 2 is 1.67 bits per heavy atom. The number of rotatable bonds is 6. The zero-order chi connectivity index (χ0) is 21.1. The molecule has 30 heavy (non-hydrogen) atoms. The van der Waals surface area contributed by atoms with Crippen molar-refractivity contribution in [2.75, 3.05) is 21.2 Å². The molecule has 0 saturated heterocycles. The van der Waals surface area contributed by atoms with Crippen molar-refractivity contribution in [3.8, 4) is 40.0 Å². The fraction of sp³-hybridized carbons (Fsp3) is 0.130. The van der Waals surface area contributed by atoms with Gasteiger partial charge >= 0.3 is 0 Å². The topological polar surface area (TPSA) is 77.2 Å². The zero-order valence-electron chi connectivity index (χ0n) is 17.0. The molecule has 0 unspecified atom stereocenters. The molecule has 0 spiro atoms. The second kappa shape index (κ2) is 8.16. The number of hydrogen-bond donors (Lipinski definition) is 0. The number of hydrogen-bond acceptors (Lipinski definition) is 7. The average molecular weight is 399 g/mol. The molecule has 0 bridgehead atoms. The van der Waals surface area contributed by atoms with Crippen LogP contribution in [0.2, 0.25) is 0 Å². The molecule has 7 heteroatoms. The molecule has 0 amide bonds. The van der Waals surface area contributed by atoms with Gasteiger partial charge in [0.1, 0.15) is 11.4 Å². The van der Waals surface area contributed by atoms with E-state index in [9.17, 15) is 0 Å². The van der Waals surface area contributed by atoms with E-state index in [1.807, 2.05) is 67.5 Å². The van der Waals surface area contributed by atoms with E-state index in [0.717, 1.165) is 33.8 Å². The third-order valence-electron chi connectivity index (χ3n) is 4.65. The van der Waals surface area contributed by atoms with Crippen LogP contribution < -0.4 is 4.74 Å². The van der Waals surface area contributed by atoms with Gasteiger partial charge in [-0.2, -0.15) is 0 Å². The summed E-state index contributed by atoms with van der Waals surface area (Å²) in [5.74, 6) is 1.41. The first-order valence-corrected chi connectivity index (χ1v) is 9.32. The molecule has 2 heterocycles. The first-order valence-electron chi connectivity index (χ1n) is 9.32. The summed E-state index contributed by atoms with van der Waals surface area (Å²) in [5, 5.41) is 8.27. The molecule has 4 aromatic rings. The molecule has 0 N–H and O–H groups in total. The Labute approximate surface area is 174 Å². The summed E-state index contributed by atoms with van der Waals surface area (Å²) < 4.78 is 11.1. The Balaban J connectivity index is 1.61. The van der Waals surface area contributed by atoms with Gasteiger partial charge in [0.25, 0.3) is 5.89 Å². The minimum Gasteiger partial charge on any atom is -0.497 e. The molecule has 2 aromatic carbocycles. The highest BCUT2D eigenvalue weighted by atomic mass is 16.5. The smallest absolute Gasteiger partial charge is 0.268 e. The summed E-state index contributed by atoms with van der Waals surface area (Å²) >= 11 is 0. The molecular weight excluding hydrogens is 378 g/mol. The normalized spacial score (nSPS) is 10.6. The van der Waals surface area contributed by atoms with Crippen LogP contribution in [0.25, 0.3) is 40.0 Å². The van der Waals surface area contributed by atoms with Gasteiger partial charge in [-0.3, -0.25) is 4.98 Å². The Kier molecular flexibility index (Phi) is 5.26. The zero-order valence-corrected chi connectivity index (χ0v) is 17.0. The minimum atomic E-state index is 0.305. The van der Waals surface area contributed by atoms with Gasteiger partial charge in [0, 0.05) is 30.9 Å². The summed E-state index contributed by atoms with van der Waals surface area (Å²) in [6.45, 7) is 4.08. The van der Waals surface area contributed by atoms with E-state index >= 15 is 0 Å². The highest BCUT2D eigenvalue weighted by Gasteiger charge is 2.14. The van der Waals surface area contributed by atoms with Crippen molar-refractivity contribution in [1.29, 1.82) is 0 Å². The maximum Gasteiger partial charge on any atom is 0.268 e. The summed E-state index contributed by atoms with van der Waals surface area (Å²) in [6, 6.07) is 15.5. The molecular formula is C23H21N5O2. The lowest BCUT2D eigenvalue weighted by Gasteiger charge is -2.15. The number of benzene rings is 2. The van der Waals surface area contributed by atoms with Gasteiger partial charge in [-0.25, -0.2) is 4.98 Å². The second-order valence-electron chi connectivity index (χ2n) is 6.85. The Hall–Kier alpha value is -4.00. The van der Waals surface area contributed by atoms with Gasteiger partial charge < -0.3 is 14.1 Å². The molecule has 0 aliphatic rings. The largest absolute Gasteiger partial charge is 0.497 e. The predicted molar refractivity (Wildman–Crippen MR) is 115 cm³/mol. The lowest BCUT2D eigenvalue weighted by molar-refractivity contribution is 0.415. The van der Waals surface area contributed by atoms with Gasteiger partial charge in [0.05, 0.1) is 25.2 Å². The summed E-state index contributed by atoms with van der Waals surface area (Å²) in [7, 11) is 5.55. The van der Waals surface area contributed by atoms with Crippen molar-refractivity contribution >= 4 is 5.70 Å². The lowest BCUT2D eigenvalue weighted by atomic mass is 10.1. The standard InChI is InChI=1S/C23H21N5O2/c1-15(28(2)3)16-8-10-17(11-9-16)20-13-24-14-21(25-20)23-27-26-22(30-23)18-6-5-7-19(12-18)29-4/h5-14H,1H2,2-4H3. The van der Waals surface area contributed by atoms with E-state index in [2.05, 4.69) is 26.7 Å². The van der Waals surface area contributed by atoms with E-state index in [1.54, 1.807) is 19.5 Å². The van der Waals surface area contributed by atoms with Crippen LogP contribution in [-0.2, 0) is 0 Å². The van der Waals surface area contributed by atoms with E-state index in [4.69, 9.17) is 9.15 Å². The minimum absolute atomic E-state index is 0.305. The number of nitrogens with zero attached hydrogens (tertiary/aromatic N) is 5. The van der Waals surface area contributed by atoms with E-state index in [1.165, 1.54) is 0 Å². The first kappa shape index (κ1) is 19.3. The number of methoxy groups -OCH3 is 1. The third-order valence-corrected chi connectivity index (χ3v) is 4.65. The fourth-order valence-corrected chi connectivity index (χ4v) is 2.90. The number of ether oxygens (including phenoxy) is 1. The van der Waals surface area contributed by atoms with E-state index < -0.39 is 0 Å². The Morgan fingerprint density at radius 3 is 2.40 bits per heavy atom. The molecule has 2 aromatic heterocycles. The molecule has 4 rings (SSSR count). The van der Waals surface area contributed by atoms with Crippen LogP contribution in [0.4, 0.5) is 0 Å². The first-order chi connectivity index (χ1) is 14.5. The van der Waals surface area contributed by atoms with Crippen LogP contribution in [-0.4, -0.2) is 46.3 Å². The molecule has 0 fully saturated rings. The van der Waals surface area contributed by atoms with Crippen LogP contribution in [0.1, 0.15) is 5.56 Å². The monoisotopic (exact) mass is 399 g/mol. The van der Waals surface area contributed by atoms with Gasteiger partial charge in [-0.05, 0) is 23.8 Å². The van der Waals surface area contributed by atoms with Crippen molar-refractivity contribution in [3.05, 3.63) is 73.1 Å². The van der Waals surface area contributed by atoms with Gasteiger partial charge in [0.15, 0.2) is 0 Å². The van der Waals surface area contributed by atoms with Gasteiger partial charge in [0.2, 0.25) is 5.89 Å². The lowest BCUT2D eigenvalue weighted by Crippen LogP contribution is -2.08. The highest BCUT2D eigenvalue weighted by Crippen LogP contribution is 2.27. The Bertz CT molecular complexity index is 1180. The van der Waals surface area contributed by atoms with Crippen LogP contribution in [0.15, 0.2) is 71.9 Å². The molecule has 7 nitrogen and oxygen atoms in total. The van der Waals surface area contributed by atoms with Crippen molar-refractivity contribution in [3.63, 3.8) is 0 Å². The van der Waals surface area contributed by atoms with Crippen molar-refractivity contribution in [2.45, 2.75) is 0 Å². The van der Waals surface area contributed by atoms with E-state index in [-0.39, 0.29) is 0 Å². The molecule has 0 atom stereocenters. The molecule has 150 valence electrons. The second-order valence-corrected chi connectivity index (χ2v) is 6.85. The molecule has 0 aliphatic carbocycles. The van der Waals surface area contributed by atoms with Crippen LogP contribution in [0, 0.1) is 0 Å². The molecule has 0 radical (unpaired) electrons. The molecule has 0 aliphatic heterocycles. The van der Waals surface area contributed by atoms with Gasteiger partial charge in [-0.15, -0.1) is 10.2 Å². The summed E-state index contributed by atoms with van der Waals surface area (Å²) in [4.78, 5) is 10.9. The maximum atomic E-state index is 5.83. The average Bonchev–Trinajstić information content (AvgIpc) is 3.29.